The smallest absolute Gasteiger partial charge is 0.333 e. The summed E-state index contributed by atoms with van der Waals surface area (Å²) in [6.45, 7) is 10.9. The van der Waals surface area contributed by atoms with Gasteiger partial charge in [0.05, 0.1) is 36.1 Å². The van der Waals surface area contributed by atoms with Gasteiger partial charge in [0.2, 0.25) is 5.69 Å². The lowest BCUT2D eigenvalue weighted by Crippen LogP contribution is -2.52. The lowest BCUT2D eigenvalue weighted by Gasteiger charge is -2.48. The minimum atomic E-state index is -4.94. The van der Waals surface area contributed by atoms with E-state index in [0.29, 0.717) is 59.6 Å². The molecular weight excluding hydrogens is 1010 g/mol. The van der Waals surface area contributed by atoms with Crippen LogP contribution in [0.25, 0.3) is 11.1 Å². The van der Waals surface area contributed by atoms with Crippen LogP contribution in [0.1, 0.15) is 109 Å². The first-order valence-corrected chi connectivity index (χ1v) is 28.4. The van der Waals surface area contributed by atoms with E-state index < -0.39 is 80.9 Å². The van der Waals surface area contributed by atoms with Crippen molar-refractivity contribution in [1.29, 1.82) is 0 Å². The molecule has 73 heavy (non-hydrogen) atoms. The number of carbonyl (C=O) groups excluding carboxylic acids is 3. The van der Waals surface area contributed by atoms with E-state index >= 15 is 0 Å². The van der Waals surface area contributed by atoms with Crippen molar-refractivity contribution in [2.24, 2.45) is 5.41 Å². The Labute approximate surface area is 428 Å². The number of hydrogen-bond acceptors (Lipinski definition) is 17. The summed E-state index contributed by atoms with van der Waals surface area (Å²) in [5, 5.41) is 0.448. The maximum atomic E-state index is 12.9. The van der Waals surface area contributed by atoms with E-state index in [4.69, 9.17) is 19.0 Å². The van der Waals surface area contributed by atoms with Crippen LogP contribution in [0.5, 0.6) is 5.75 Å². The van der Waals surface area contributed by atoms with Crippen molar-refractivity contribution in [2.75, 3.05) is 56.9 Å². The summed E-state index contributed by atoms with van der Waals surface area (Å²) < 4.78 is 127. The number of amides is 2. The highest BCUT2D eigenvalue weighted by atomic mass is 32.2. The highest BCUT2D eigenvalue weighted by molar-refractivity contribution is 7.86. The molecule has 0 saturated carbocycles. The topological polar surface area (TPSA) is 269 Å². The molecule has 6 rings (SSSR count). The second-order valence-corrected chi connectivity index (χ2v) is 24.2. The number of imide groups is 1. The SMILES string of the molecule is COCCC1(CCOC)C=C(C)c2cc3c(cc2N1CCCS(=O)(=O)[O-])OC(C(C)(C)C)=C\C3=C/C=C/C=C/C1=[N+](CCCS(=O)(=O)[O-])c2ccc(S(=O)(=O)[O-])cc2C1(C)CCCC(=O)ON1C(=O)CCC1=O. The summed E-state index contributed by atoms with van der Waals surface area (Å²) in [7, 11) is -10.8. The first kappa shape index (κ1) is 57.0. The van der Waals surface area contributed by atoms with E-state index in [0.717, 1.165) is 34.0 Å². The third kappa shape index (κ3) is 13.7. The van der Waals surface area contributed by atoms with Gasteiger partial charge < -0.3 is 37.6 Å². The third-order valence-corrected chi connectivity index (χ3v) is 15.8. The van der Waals surface area contributed by atoms with Crippen molar-refractivity contribution in [3.63, 3.8) is 0 Å². The van der Waals surface area contributed by atoms with Gasteiger partial charge in [0.15, 0.2) is 5.71 Å². The van der Waals surface area contributed by atoms with E-state index in [9.17, 15) is 53.3 Å². The Hall–Kier alpha value is -5.33. The number of anilines is 1. The number of methoxy groups -OCH3 is 2. The molecule has 2 amide bonds. The van der Waals surface area contributed by atoms with Gasteiger partial charge in [-0.1, -0.05) is 51.2 Å². The molecule has 22 heteroatoms. The minimum Gasteiger partial charge on any atom is -0.748 e. The molecule has 4 aliphatic heterocycles. The van der Waals surface area contributed by atoms with Gasteiger partial charge in [-0.25, -0.2) is 30.0 Å². The summed E-state index contributed by atoms with van der Waals surface area (Å²) in [6, 6.07) is 7.82. The van der Waals surface area contributed by atoms with Gasteiger partial charge in [-0.3, -0.25) is 9.59 Å². The van der Waals surface area contributed by atoms with Crippen molar-refractivity contribution >= 4 is 76.4 Å². The number of benzene rings is 2. The summed E-state index contributed by atoms with van der Waals surface area (Å²) in [5.41, 5.74) is 3.37. The van der Waals surface area contributed by atoms with Crippen molar-refractivity contribution in [3.05, 3.63) is 95.3 Å². The zero-order valence-electron chi connectivity index (χ0n) is 42.1. The van der Waals surface area contributed by atoms with Crippen LogP contribution in [0.2, 0.25) is 0 Å². The fourth-order valence-electron chi connectivity index (χ4n) is 9.78. The predicted octanol–water partition coefficient (Wildman–Crippen LogP) is 6.15. The maximum absolute atomic E-state index is 12.9. The first-order valence-electron chi connectivity index (χ1n) is 23.9. The monoisotopic (exact) mass is 1070 g/mol. The Balaban J connectivity index is 1.40. The number of rotatable bonds is 23. The lowest BCUT2D eigenvalue weighted by atomic mass is 9.75. The Kier molecular flexibility index (Phi) is 17.7. The van der Waals surface area contributed by atoms with Gasteiger partial charge in [0, 0.05) is 117 Å². The zero-order valence-corrected chi connectivity index (χ0v) is 44.6. The van der Waals surface area contributed by atoms with Crippen molar-refractivity contribution in [2.45, 2.75) is 108 Å². The molecule has 0 radical (unpaired) electrons. The van der Waals surface area contributed by atoms with Gasteiger partial charge in [-0.05, 0) is 81.4 Å². The molecule has 398 valence electrons. The molecule has 19 nitrogen and oxygen atoms in total. The van der Waals surface area contributed by atoms with Crippen LogP contribution < -0.4 is 9.64 Å². The Morgan fingerprint density at radius 1 is 0.849 bits per heavy atom. The zero-order chi connectivity index (χ0) is 53.7. The van der Waals surface area contributed by atoms with E-state index in [1.807, 2.05) is 58.1 Å². The molecule has 4 heterocycles. The fraction of sp³-hybridized carbons (Fsp3) is 0.490. The Morgan fingerprint density at radius 2 is 1.49 bits per heavy atom. The van der Waals surface area contributed by atoms with Gasteiger partial charge in [-0.15, -0.1) is 5.06 Å². The highest BCUT2D eigenvalue weighted by Gasteiger charge is 2.48. The quantitative estimate of drug-likeness (QED) is 0.0522. The fourth-order valence-corrected chi connectivity index (χ4v) is 11.2. The van der Waals surface area contributed by atoms with Gasteiger partial charge in [0.25, 0.3) is 11.8 Å². The van der Waals surface area contributed by atoms with Crippen LogP contribution >= 0.6 is 0 Å². The average molecular weight is 1070 g/mol. The van der Waals surface area contributed by atoms with E-state index in [1.165, 1.54) is 12.1 Å². The molecule has 2 aromatic carbocycles. The summed E-state index contributed by atoms with van der Waals surface area (Å²) in [5.74, 6) is -2.14. The number of ether oxygens (including phenoxy) is 3. The first-order chi connectivity index (χ1) is 34.1. The predicted molar refractivity (Wildman–Crippen MR) is 269 cm³/mol. The molecule has 2 aromatic rings. The van der Waals surface area contributed by atoms with Crippen LogP contribution in [0.4, 0.5) is 11.4 Å². The molecule has 0 spiro atoms. The van der Waals surface area contributed by atoms with Crippen LogP contribution in [0, 0.1) is 5.41 Å². The Morgan fingerprint density at radius 3 is 2.10 bits per heavy atom. The van der Waals surface area contributed by atoms with Crippen molar-refractivity contribution < 1.29 is 76.9 Å². The molecule has 0 bridgehead atoms. The standard InChI is InChI=1S/C51H65N3O16S3/c1-35-34-51(22-26-67-6,23-27-68-7)53(25-13-29-72(61,62)63)42-33-43-39(32-38(35)42)36(30-45(69-43)49(2,3)4)14-9-8-10-15-44-50(5,21-11-16-48(57)70-54-46(55)19-20-47(54)56)40-31-37(73(64,65)66)17-18-41(40)52(44)24-12-28-71(58,59)60/h8-10,14-15,17-18,30-34H,11-13,16,19-29H2,1-7H3,(H2-,58,59,60,61,62,63,64,65,66)/p-2. The van der Waals surface area contributed by atoms with Gasteiger partial charge in [0.1, 0.15) is 28.2 Å². The second kappa shape index (κ2) is 22.6. The van der Waals surface area contributed by atoms with E-state index in [2.05, 4.69) is 11.0 Å². The normalized spacial score (nSPS) is 19.7. The molecule has 1 unspecified atom stereocenters. The lowest BCUT2D eigenvalue weighted by molar-refractivity contribution is -0.437. The molecular formula is C51H63N3O16S3-2. The molecule has 4 aliphatic rings. The average Bonchev–Trinajstić information content (AvgIpc) is 3.73. The number of hydrogen-bond donors (Lipinski definition) is 0. The second-order valence-electron chi connectivity index (χ2n) is 19.8. The number of hydroxylamine groups is 2. The minimum absolute atomic E-state index is 0.00654. The molecule has 1 atom stereocenters. The Bertz CT molecular complexity index is 3010. The molecule has 0 N–H and O–H groups in total. The molecule has 0 aromatic heterocycles. The van der Waals surface area contributed by atoms with Crippen LogP contribution in [-0.2, 0) is 64.5 Å². The van der Waals surface area contributed by atoms with Crippen molar-refractivity contribution in [1.82, 2.24) is 5.06 Å². The number of carbonyl (C=O) groups is 3. The van der Waals surface area contributed by atoms with Crippen molar-refractivity contribution in [3.8, 4) is 5.75 Å². The number of nitrogens with zero attached hydrogens (tertiary/aromatic N) is 3. The number of fused-ring (bicyclic) bond motifs is 3. The summed E-state index contributed by atoms with van der Waals surface area (Å²) in [4.78, 5) is 43.8. The summed E-state index contributed by atoms with van der Waals surface area (Å²) in [6.07, 6.45) is 14.0. The van der Waals surface area contributed by atoms with Gasteiger partial charge in [-0.2, -0.15) is 4.58 Å². The van der Waals surface area contributed by atoms with Crippen LogP contribution in [0.3, 0.4) is 0 Å². The van der Waals surface area contributed by atoms with Gasteiger partial charge >= 0.3 is 5.97 Å². The molecule has 1 fully saturated rings. The largest absolute Gasteiger partial charge is 0.748 e. The maximum Gasteiger partial charge on any atom is 0.333 e. The van der Waals surface area contributed by atoms with E-state index in [-0.39, 0.29) is 58.0 Å². The number of allylic oxidation sites excluding steroid dienone is 9. The molecule has 0 aliphatic carbocycles. The van der Waals surface area contributed by atoms with E-state index in [1.54, 1.807) is 43.9 Å². The molecule has 1 saturated heterocycles. The summed E-state index contributed by atoms with van der Waals surface area (Å²) >= 11 is 0. The highest BCUT2D eigenvalue weighted by Crippen LogP contribution is 2.49. The van der Waals surface area contributed by atoms with Crippen LogP contribution in [0.15, 0.2) is 83.5 Å². The third-order valence-electron chi connectivity index (χ3n) is 13.4. The van der Waals surface area contributed by atoms with Crippen LogP contribution in [-0.4, -0.2) is 130 Å².